The molecule has 14 heavy (non-hydrogen) atoms. The standard InChI is InChI=1S/C10H10F3N/c11-8-2-1-7(9(12)3-8)4-10(13)5-14-6-10/h1-3,14H,4-6H2. The highest BCUT2D eigenvalue weighted by atomic mass is 19.1. The molecule has 4 heteroatoms. The second-order valence-electron chi connectivity index (χ2n) is 3.67. The first-order valence-corrected chi connectivity index (χ1v) is 4.43. The van der Waals surface area contributed by atoms with Crippen molar-refractivity contribution >= 4 is 0 Å². The summed E-state index contributed by atoms with van der Waals surface area (Å²) in [5.74, 6) is -1.31. The minimum atomic E-state index is -1.36. The van der Waals surface area contributed by atoms with Gasteiger partial charge in [0.25, 0.3) is 0 Å². The number of halogens is 3. The summed E-state index contributed by atoms with van der Waals surface area (Å²) in [6, 6.07) is 3.23. The number of alkyl halides is 1. The fraction of sp³-hybridized carbons (Fsp3) is 0.400. The van der Waals surface area contributed by atoms with Gasteiger partial charge in [0.05, 0.1) is 0 Å². The fourth-order valence-corrected chi connectivity index (χ4v) is 1.53. The molecule has 0 amide bonds. The van der Waals surface area contributed by atoms with Crippen LogP contribution in [0.15, 0.2) is 18.2 Å². The Morgan fingerprint density at radius 2 is 2.00 bits per heavy atom. The molecule has 0 aromatic heterocycles. The lowest BCUT2D eigenvalue weighted by Gasteiger charge is -2.35. The molecule has 0 saturated carbocycles. The van der Waals surface area contributed by atoms with Gasteiger partial charge >= 0.3 is 0 Å². The van der Waals surface area contributed by atoms with Crippen molar-refractivity contribution in [2.75, 3.05) is 13.1 Å². The lowest BCUT2D eigenvalue weighted by molar-refractivity contribution is 0.0901. The molecule has 0 atom stereocenters. The molecule has 2 rings (SSSR count). The number of rotatable bonds is 2. The molecule has 1 fully saturated rings. The second kappa shape index (κ2) is 3.28. The average Bonchev–Trinajstić information content (AvgIpc) is 2.07. The van der Waals surface area contributed by atoms with Crippen LogP contribution in [0.4, 0.5) is 13.2 Å². The number of hydrogen-bond donors (Lipinski definition) is 1. The van der Waals surface area contributed by atoms with Crippen molar-refractivity contribution in [1.29, 1.82) is 0 Å². The van der Waals surface area contributed by atoms with Crippen molar-refractivity contribution in [1.82, 2.24) is 5.32 Å². The van der Waals surface area contributed by atoms with Gasteiger partial charge in [0, 0.05) is 25.6 Å². The Morgan fingerprint density at radius 1 is 1.29 bits per heavy atom. The van der Waals surface area contributed by atoms with Crippen LogP contribution in [0, 0.1) is 11.6 Å². The number of benzene rings is 1. The maximum atomic E-state index is 13.5. The quantitative estimate of drug-likeness (QED) is 0.769. The molecule has 1 aromatic rings. The van der Waals surface area contributed by atoms with E-state index < -0.39 is 17.3 Å². The predicted octanol–water partition coefficient (Wildman–Crippen LogP) is 1.82. The van der Waals surface area contributed by atoms with Crippen molar-refractivity contribution < 1.29 is 13.2 Å². The molecule has 0 aliphatic carbocycles. The minimum absolute atomic E-state index is 0.00606. The maximum Gasteiger partial charge on any atom is 0.139 e. The molecule has 0 bridgehead atoms. The Labute approximate surface area is 79.9 Å². The maximum absolute atomic E-state index is 13.5. The highest BCUT2D eigenvalue weighted by molar-refractivity contribution is 5.21. The number of nitrogens with one attached hydrogen (secondary N) is 1. The molecule has 1 aliphatic heterocycles. The first kappa shape index (κ1) is 9.52. The van der Waals surface area contributed by atoms with Gasteiger partial charge < -0.3 is 5.32 Å². The molecule has 1 aliphatic rings. The third-order valence-electron chi connectivity index (χ3n) is 2.41. The Hall–Kier alpha value is -1.03. The second-order valence-corrected chi connectivity index (χ2v) is 3.67. The zero-order valence-electron chi connectivity index (χ0n) is 7.49. The zero-order chi connectivity index (χ0) is 10.2. The summed E-state index contributed by atoms with van der Waals surface area (Å²) >= 11 is 0. The molecule has 76 valence electrons. The van der Waals surface area contributed by atoms with Crippen LogP contribution in [0.25, 0.3) is 0 Å². The van der Waals surface area contributed by atoms with Crippen molar-refractivity contribution in [3.8, 4) is 0 Å². The molecule has 1 nitrogen and oxygen atoms in total. The van der Waals surface area contributed by atoms with Gasteiger partial charge in [-0.15, -0.1) is 0 Å². The van der Waals surface area contributed by atoms with E-state index in [1.807, 2.05) is 0 Å². The van der Waals surface area contributed by atoms with Crippen LogP contribution < -0.4 is 5.32 Å². The van der Waals surface area contributed by atoms with Crippen LogP contribution in [0.3, 0.4) is 0 Å². The molecular formula is C10H10F3N. The van der Waals surface area contributed by atoms with Crippen LogP contribution in [-0.2, 0) is 6.42 Å². The van der Waals surface area contributed by atoms with Gasteiger partial charge in [-0.1, -0.05) is 6.07 Å². The van der Waals surface area contributed by atoms with E-state index in [1.54, 1.807) is 0 Å². The average molecular weight is 201 g/mol. The smallest absolute Gasteiger partial charge is 0.139 e. The normalized spacial score (nSPS) is 19.1. The number of hydrogen-bond acceptors (Lipinski definition) is 1. The van der Waals surface area contributed by atoms with Crippen molar-refractivity contribution in [3.63, 3.8) is 0 Å². The summed E-state index contributed by atoms with van der Waals surface area (Å²) in [7, 11) is 0. The van der Waals surface area contributed by atoms with Crippen molar-refractivity contribution in [3.05, 3.63) is 35.4 Å². The van der Waals surface area contributed by atoms with Crippen LogP contribution in [0.5, 0.6) is 0 Å². The van der Waals surface area contributed by atoms with E-state index in [4.69, 9.17) is 0 Å². The van der Waals surface area contributed by atoms with Gasteiger partial charge in [0.2, 0.25) is 0 Å². The van der Waals surface area contributed by atoms with Gasteiger partial charge in [-0.3, -0.25) is 0 Å². The molecule has 1 aromatic carbocycles. The summed E-state index contributed by atoms with van der Waals surface area (Å²) in [5, 5.41) is 2.78. The van der Waals surface area contributed by atoms with E-state index in [0.29, 0.717) is 0 Å². The largest absolute Gasteiger partial charge is 0.310 e. The van der Waals surface area contributed by atoms with Crippen molar-refractivity contribution in [2.24, 2.45) is 0 Å². The lowest BCUT2D eigenvalue weighted by Crippen LogP contribution is -2.57. The monoisotopic (exact) mass is 201 g/mol. The minimum Gasteiger partial charge on any atom is -0.310 e. The van der Waals surface area contributed by atoms with Gasteiger partial charge in [-0.05, 0) is 11.6 Å². The highest BCUT2D eigenvalue weighted by Gasteiger charge is 2.37. The topological polar surface area (TPSA) is 12.0 Å². The summed E-state index contributed by atoms with van der Waals surface area (Å²) in [6.07, 6.45) is 0.00606. The van der Waals surface area contributed by atoms with Crippen LogP contribution >= 0.6 is 0 Å². The summed E-state index contributed by atoms with van der Waals surface area (Å²) < 4.78 is 39.2. The van der Waals surface area contributed by atoms with Gasteiger partial charge in [0.1, 0.15) is 17.3 Å². The Bertz CT molecular complexity index is 347. The Balaban J connectivity index is 2.16. The van der Waals surface area contributed by atoms with Crippen molar-refractivity contribution in [2.45, 2.75) is 12.1 Å². The van der Waals surface area contributed by atoms with Gasteiger partial charge in [-0.25, -0.2) is 13.2 Å². The van der Waals surface area contributed by atoms with E-state index in [9.17, 15) is 13.2 Å². The SMILES string of the molecule is Fc1ccc(CC2(F)CNC2)c(F)c1. The first-order valence-electron chi connectivity index (χ1n) is 4.43. The highest BCUT2D eigenvalue weighted by Crippen LogP contribution is 2.24. The molecular weight excluding hydrogens is 191 g/mol. The Morgan fingerprint density at radius 3 is 2.50 bits per heavy atom. The van der Waals surface area contributed by atoms with Gasteiger partial charge in [0.15, 0.2) is 0 Å². The molecule has 0 radical (unpaired) electrons. The van der Waals surface area contributed by atoms with Gasteiger partial charge in [-0.2, -0.15) is 0 Å². The summed E-state index contributed by atoms with van der Waals surface area (Å²) in [5.41, 5.74) is -1.13. The molecule has 0 unspecified atom stereocenters. The summed E-state index contributed by atoms with van der Waals surface area (Å²) in [6.45, 7) is 0.480. The van der Waals surface area contributed by atoms with E-state index in [1.165, 1.54) is 6.07 Å². The molecule has 0 spiro atoms. The first-order chi connectivity index (χ1) is 6.59. The van der Waals surface area contributed by atoms with Crippen LogP contribution in [0.1, 0.15) is 5.56 Å². The zero-order valence-corrected chi connectivity index (χ0v) is 7.49. The Kier molecular flexibility index (Phi) is 2.23. The third kappa shape index (κ3) is 1.75. The predicted molar refractivity (Wildman–Crippen MR) is 46.8 cm³/mol. The third-order valence-corrected chi connectivity index (χ3v) is 2.41. The van der Waals surface area contributed by atoms with E-state index >= 15 is 0 Å². The van der Waals surface area contributed by atoms with Crippen LogP contribution in [0.2, 0.25) is 0 Å². The van der Waals surface area contributed by atoms with Crippen LogP contribution in [-0.4, -0.2) is 18.8 Å². The van der Waals surface area contributed by atoms with E-state index in [0.717, 1.165) is 12.1 Å². The molecule has 1 N–H and O–H groups in total. The fourth-order valence-electron chi connectivity index (χ4n) is 1.53. The lowest BCUT2D eigenvalue weighted by atomic mass is 9.91. The van der Waals surface area contributed by atoms with E-state index in [-0.39, 0.29) is 25.1 Å². The molecule has 1 saturated heterocycles. The summed E-state index contributed by atoms with van der Waals surface area (Å²) in [4.78, 5) is 0. The van der Waals surface area contributed by atoms with E-state index in [2.05, 4.69) is 5.32 Å². The molecule has 1 heterocycles.